The molecular formula is C21H28O4. The molecule has 6 atom stereocenters. The third-order valence-electron chi connectivity index (χ3n) is 8.45. The summed E-state index contributed by atoms with van der Waals surface area (Å²) in [5.74, 6) is 3.64. The van der Waals surface area contributed by atoms with Crippen molar-refractivity contribution in [2.75, 3.05) is 14.2 Å². The molecule has 0 amide bonds. The Balaban J connectivity index is 1.58. The van der Waals surface area contributed by atoms with Crippen LogP contribution in [0.3, 0.4) is 0 Å². The van der Waals surface area contributed by atoms with Gasteiger partial charge in [-0.2, -0.15) is 0 Å². The Morgan fingerprint density at radius 3 is 1.44 bits per heavy atom. The number of esters is 2. The van der Waals surface area contributed by atoms with Gasteiger partial charge in [0.25, 0.3) is 0 Å². The third-order valence-corrected chi connectivity index (χ3v) is 8.45. The minimum absolute atomic E-state index is 0.400. The molecule has 3 fully saturated rings. The van der Waals surface area contributed by atoms with Crippen molar-refractivity contribution in [3.05, 3.63) is 11.1 Å². The smallest absolute Gasteiger partial charge is 0.323 e. The predicted octanol–water partition coefficient (Wildman–Crippen LogP) is 3.50. The number of carbonyl (C=O) groups excluding carboxylic acids is 2. The second-order valence-corrected chi connectivity index (χ2v) is 9.04. The molecule has 2 unspecified atom stereocenters. The number of carbonyl (C=O) groups is 2. The maximum atomic E-state index is 12.7. The lowest BCUT2D eigenvalue weighted by Gasteiger charge is -2.54. The summed E-state index contributed by atoms with van der Waals surface area (Å²) in [4.78, 5) is 25.3. The number of hydrogen-bond donors (Lipinski definition) is 0. The van der Waals surface area contributed by atoms with Crippen molar-refractivity contribution in [1.82, 2.24) is 0 Å². The van der Waals surface area contributed by atoms with Gasteiger partial charge in [0.15, 0.2) is 5.41 Å². The van der Waals surface area contributed by atoms with Crippen LogP contribution in [0.25, 0.3) is 0 Å². The van der Waals surface area contributed by atoms with Crippen molar-refractivity contribution in [3.63, 3.8) is 0 Å². The van der Waals surface area contributed by atoms with Crippen LogP contribution in [0.2, 0.25) is 0 Å². The van der Waals surface area contributed by atoms with Gasteiger partial charge in [0, 0.05) is 0 Å². The molecule has 136 valence electrons. The first kappa shape index (κ1) is 15.9. The Kier molecular flexibility index (Phi) is 3.40. The lowest BCUT2D eigenvalue weighted by atomic mass is 9.50. The summed E-state index contributed by atoms with van der Waals surface area (Å²) in [6.07, 6.45) is 9.20. The van der Waals surface area contributed by atoms with Gasteiger partial charge in [-0.05, 0) is 74.0 Å². The summed E-state index contributed by atoms with van der Waals surface area (Å²) >= 11 is 0. The zero-order valence-electron chi connectivity index (χ0n) is 15.3. The van der Waals surface area contributed by atoms with Crippen molar-refractivity contribution < 1.29 is 19.1 Å². The topological polar surface area (TPSA) is 52.6 Å². The van der Waals surface area contributed by atoms with Gasteiger partial charge in [-0.15, -0.1) is 0 Å². The summed E-state index contributed by atoms with van der Waals surface area (Å²) in [6, 6.07) is 0. The number of ether oxygens (including phenoxy) is 2. The van der Waals surface area contributed by atoms with Crippen LogP contribution in [0.15, 0.2) is 11.1 Å². The van der Waals surface area contributed by atoms with Gasteiger partial charge < -0.3 is 9.47 Å². The molecule has 25 heavy (non-hydrogen) atoms. The third kappa shape index (κ3) is 1.84. The molecule has 0 aromatic rings. The van der Waals surface area contributed by atoms with Crippen molar-refractivity contribution in [3.8, 4) is 0 Å². The molecule has 0 heterocycles. The van der Waals surface area contributed by atoms with E-state index in [2.05, 4.69) is 0 Å². The highest BCUT2D eigenvalue weighted by Gasteiger charge is 2.65. The SMILES string of the molecule is COC(=O)C1(C(=O)OC)CC2=C(C1)C1[C@H]3CCC[C@H]3C2[C@H]2CCC[C@@H]12. The molecule has 0 saturated heterocycles. The van der Waals surface area contributed by atoms with Crippen LogP contribution in [-0.2, 0) is 19.1 Å². The first-order chi connectivity index (χ1) is 12.1. The van der Waals surface area contributed by atoms with Gasteiger partial charge in [-0.3, -0.25) is 9.59 Å². The van der Waals surface area contributed by atoms with Gasteiger partial charge in [0.05, 0.1) is 14.2 Å². The van der Waals surface area contributed by atoms with Gasteiger partial charge in [0.1, 0.15) is 0 Å². The summed E-state index contributed by atoms with van der Waals surface area (Å²) in [5, 5.41) is 0. The predicted molar refractivity (Wildman–Crippen MR) is 91.4 cm³/mol. The van der Waals surface area contributed by atoms with E-state index < -0.39 is 17.4 Å². The summed E-state index contributed by atoms with van der Waals surface area (Å²) in [7, 11) is 2.78. The van der Waals surface area contributed by atoms with Gasteiger partial charge in [-0.1, -0.05) is 24.0 Å². The maximum absolute atomic E-state index is 12.7. The molecule has 4 heteroatoms. The second kappa shape index (κ2) is 5.34. The van der Waals surface area contributed by atoms with E-state index in [0.717, 1.165) is 23.7 Å². The zero-order chi connectivity index (χ0) is 17.3. The molecule has 3 saturated carbocycles. The van der Waals surface area contributed by atoms with Crippen molar-refractivity contribution in [2.24, 2.45) is 40.9 Å². The Hall–Kier alpha value is -1.32. The average Bonchev–Trinajstić information content (AvgIpc) is 3.36. The highest BCUT2D eigenvalue weighted by molar-refractivity contribution is 6.01. The van der Waals surface area contributed by atoms with Crippen molar-refractivity contribution in [1.29, 1.82) is 0 Å². The van der Waals surface area contributed by atoms with E-state index in [-0.39, 0.29) is 0 Å². The zero-order valence-corrected chi connectivity index (χ0v) is 15.3. The maximum Gasteiger partial charge on any atom is 0.323 e. The molecule has 6 rings (SSSR count). The molecule has 0 spiro atoms. The highest BCUT2D eigenvalue weighted by Crippen LogP contribution is 2.70. The lowest BCUT2D eigenvalue weighted by molar-refractivity contribution is -0.168. The van der Waals surface area contributed by atoms with Gasteiger partial charge in [-0.25, -0.2) is 0 Å². The molecule has 6 aliphatic carbocycles. The Morgan fingerprint density at radius 1 is 0.760 bits per heavy atom. The Morgan fingerprint density at radius 2 is 1.12 bits per heavy atom. The molecule has 0 aromatic carbocycles. The summed E-state index contributed by atoms with van der Waals surface area (Å²) < 4.78 is 10.2. The van der Waals surface area contributed by atoms with Crippen LogP contribution >= 0.6 is 0 Å². The first-order valence-electron chi connectivity index (χ1n) is 10.0. The van der Waals surface area contributed by atoms with Crippen LogP contribution in [0.4, 0.5) is 0 Å². The molecule has 0 radical (unpaired) electrons. The van der Waals surface area contributed by atoms with E-state index in [4.69, 9.17) is 9.47 Å². The molecular weight excluding hydrogens is 316 g/mol. The fourth-order valence-electron chi connectivity index (χ4n) is 7.85. The first-order valence-corrected chi connectivity index (χ1v) is 10.0. The minimum Gasteiger partial charge on any atom is -0.468 e. The van der Waals surface area contributed by atoms with E-state index in [1.165, 1.54) is 63.9 Å². The molecule has 0 aliphatic heterocycles. The second-order valence-electron chi connectivity index (χ2n) is 9.04. The van der Waals surface area contributed by atoms with Crippen LogP contribution in [-0.4, -0.2) is 26.2 Å². The normalized spacial score (nSPS) is 42.8. The molecule has 2 bridgehead atoms. The summed E-state index contributed by atoms with van der Waals surface area (Å²) in [6.45, 7) is 0. The molecule has 0 N–H and O–H groups in total. The standard InChI is InChI=1S/C21H28O4/c1-24-19(22)21(20(23)25-2)9-15-16(10-21)18-12-6-3-5-11(12)17(15)13-7-4-8-14(13)18/h11-14,17-18H,3-10H2,1-2H3/t11-,12+,13+,14-,17?,18?. The van der Waals surface area contributed by atoms with E-state index in [1.807, 2.05) is 0 Å². The minimum atomic E-state index is -1.11. The molecule has 0 aromatic heterocycles. The lowest BCUT2D eigenvalue weighted by Crippen LogP contribution is -2.47. The summed E-state index contributed by atoms with van der Waals surface area (Å²) in [5.41, 5.74) is 1.82. The van der Waals surface area contributed by atoms with Crippen LogP contribution in [0, 0.1) is 40.9 Å². The monoisotopic (exact) mass is 344 g/mol. The van der Waals surface area contributed by atoms with E-state index in [1.54, 1.807) is 0 Å². The largest absolute Gasteiger partial charge is 0.468 e. The van der Waals surface area contributed by atoms with E-state index in [9.17, 15) is 9.59 Å². The van der Waals surface area contributed by atoms with E-state index >= 15 is 0 Å². The number of methoxy groups -OCH3 is 2. The quantitative estimate of drug-likeness (QED) is 0.437. The van der Waals surface area contributed by atoms with E-state index in [0.29, 0.717) is 24.7 Å². The van der Waals surface area contributed by atoms with Gasteiger partial charge in [0.2, 0.25) is 0 Å². The Labute approximate surface area is 149 Å². The molecule has 4 nitrogen and oxygen atoms in total. The average molecular weight is 344 g/mol. The van der Waals surface area contributed by atoms with Gasteiger partial charge >= 0.3 is 11.9 Å². The van der Waals surface area contributed by atoms with Crippen LogP contribution < -0.4 is 0 Å². The van der Waals surface area contributed by atoms with Crippen molar-refractivity contribution >= 4 is 11.9 Å². The highest BCUT2D eigenvalue weighted by atomic mass is 16.5. The number of hydrogen-bond acceptors (Lipinski definition) is 4. The van der Waals surface area contributed by atoms with Crippen LogP contribution in [0.5, 0.6) is 0 Å². The van der Waals surface area contributed by atoms with Crippen LogP contribution in [0.1, 0.15) is 51.4 Å². The fraction of sp³-hybridized carbons (Fsp3) is 0.810. The fourth-order valence-corrected chi connectivity index (χ4v) is 7.85. The number of rotatable bonds is 2. The number of allylic oxidation sites excluding steroid dienone is 2. The Bertz CT molecular complexity index is 587. The molecule has 6 aliphatic rings. The van der Waals surface area contributed by atoms with Crippen molar-refractivity contribution in [2.45, 2.75) is 51.4 Å².